The lowest BCUT2D eigenvalue weighted by Gasteiger charge is -2.27. The van der Waals surface area contributed by atoms with Crippen molar-refractivity contribution in [1.29, 1.82) is 0 Å². The Labute approximate surface area is 409 Å². The number of rotatable bonds is 5. The topological polar surface area (TPSA) is 0 Å². The highest BCUT2D eigenvalue weighted by molar-refractivity contribution is 6.31. The Kier molecular flexibility index (Phi) is 8.05. The van der Waals surface area contributed by atoms with Gasteiger partial charge in [0, 0.05) is 5.92 Å². The molecule has 0 nitrogen and oxygen atoms in total. The van der Waals surface area contributed by atoms with Gasteiger partial charge in [-0.3, -0.25) is 0 Å². The highest BCUT2D eigenvalue weighted by atomic mass is 14.5. The molecule has 10 aromatic carbocycles. The van der Waals surface area contributed by atoms with Crippen LogP contribution >= 0.6 is 0 Å². The summed E-state index contributed by atoms with van der Waals surface area (Å²) >= 11 is 0. The second-order valence-electron chi connectivity index (χ2n) is 20.4. The molecule has 0 fully saturated rings. The normalized spacial score (nSPS) is 15.0. The Morgan fingerprint density at radius 2 is 0.443 bits per heavy atom. The van der Waals surface area contributed by atoms with E-state index < -0.39 is 0 Å². The van der Waals surface area contributed by atoms with Crippen molar-refractivity contribution in [3.63, 3.8) is 0 Å². The molecule has 0 N–H and O–H groups in total. The van der Waals surface area contributed by atoms with E-state index in [0.29, 0.717) is 0 Å². The Morgan fingerprint density at radius 3 is 0.800 bits per heavy atom. The van der Waals surface area contributed by atoms with Gasteiger partial charge >= 0.3 is 0 Å². The van der Waals surface area contributed by atoms with Gasteiger partial charge in [-0.2, -0.15) is 0 Å². The number of fused-ring (bicyclic) bond motifs is 15. The second-order valence-corrected chi connectivity index (χ2v) is 20.4. The Morgan fingerprint density at radius 1 is 0.200 bits per heavy atom. The van der Waals surface area contributed by atoms with Crippen molar-refractivity contribution in [3.05, 3.63) is 296 Å². The van der Waals surface area contributed by atoms with Crippen LogP contribution in [0, 0.1) is 0 Å². The molecule has 0 unspecified atom stereocenters. The number of hydrogen-bond donors (Lipinski definition) is 0. The largest absolute Gasteiger partial charge is 0.0619 e. The third kappa shape index (κ3) is 5.31. The molecular weight excluding hydrogens is 841 g/mol. The van der Waals surface area contributed by atoms with Crippen molar-refractivity contribution in [2.24, 2.45) is 0 Å². The van der Waals surface area contributed by atoms with Crippen LogP contribution in [-0.4, -0.2) is 0 Å². The maximum Gasteiger partial charge on any atom is 0.0367 e. The Hall–Kier alpha value is -8.32. The predicted octanol–water partition coefficient (Wildman–Crippen LogP) is 16.9. The van der Waals surface area contributed by atoms with Gasteiger partial charge in [0.2, 0.25) is 0 Å². The summed E-state index contributed by atoms with van der Waals surface area (Å²) in [5.41, 5.74) is 40.7. The lowest BCUT2D eigenvalue weighted by Crippen LogP contribution is -2.09. The van der Waals surface area contributed by atoms with Crippen LogP contribution in [0.3, 0.4) is 0 Å². The standard InChI is InChI=1S/C70H46/c1-6-21-46-41(16-1)36-61-51(46)26-11-31-56(61)66-67(57-32-12-27-52-47-22-7-2-17-42(47)37-62(52)57)69(59-34-14-29-54-49-24-9-4-19-44(49)39-64(54)59)70(60-35-15-30-55-50-25-10-5-20-45(50)40-65(55)60)68(66)58-33-13-28-53-48-23-8-3-18-43(48)38-63(53)58/h1-35,66H,36-40H2. The van der Waals surface area contributed by atoms with Crippen molar-refractivity contribution < 1.29 is 0 Å². The van der Waals surface area contributed by atoms with E-state index >= 15 is 0 Å². The summed E-state index contributed by atoms with van der Waals surface area (Å²) in [4.78, 5) is 0. The molecule has 0 radical (unpaired) electrons. The summed E-state index contributed by atoms with van der Waals surface area (Å²) < 4.78 is 0. The van der Waals surface area contributed by atoms with Gasteiger partial charge in [0.25, 0.3) is 0 Å². The summed E-state index contributed by atoms with van der Waals surface area (Å²) in [5.74, 6) is -0.0704. The molecule has 0 spiro atoms. The van der Waals surface area contributed by atoms with E-state index in [0.717, 1.165) is 32.1 Å². The van der Waals surface area contributed by atoms with Gasteiger partial charge in [-0.15, -0.1) is 0 Å². The SMILES string of the molecule is c1ccc2c(c1)Cc1c(C3=C(c4cccc5c4Cc4ccccc4-5)C(c4cccc5c4Cc4ccccc4-5)C(c4cccc5c4Cc4ccccc4-5)=C3c3cccc4c3Cc3ccccc3-4)cccc1-2. The molecule has 0 saturated carbocycles. The van der Waals surface area contributed by atoms with E-state index in [1.165, 1.54) is 161 Å². The fraction of sp³-hybridized carbons (Fsp3) is 0.0857. The van der Waals surface area contributed by atoms with Crippen LogP contribution in [-0.2, 0) is 32.1 Å². The highest BCUT2D eigenvalue weighted by Crippen LogP contribution is 2.64. The second kappa shape index (κ2) is 14.6. The molecule has 326 valence electrons. The molecule has 10 aromatic rings. The molecule has 0 heteroatoms. The van der Waals surface area contributed by atoms with Crippen molar-refractivity contribution in [1.82, 2.24) is 0 Å². The van der Waals surface area contributed by atoms with E-state index in [1.807, 2.05) is 0 Å². The van der Waals surface area contributed by atoms with E-state index in [2.05, 4.69) is 212 Å². The number of allylic oxidation sites excluding steroid dienone is 4. The first-order valence-electron chi connectivity index (χ1n) is 25.3. The smallest absolute Gasteiger partial charge is 0.0367 e. The highest BCUT2D eigenvalue weighted by Gasteiger charge is 2.44. The van der Waals surface area contributed by atoms with Crippen molar-refractivity contribution in [3.8, 4) is 55.6 Å². The van der Waals surface area contributed by atoms with E-state index in [4.69, 9.17) is 0 Å². The molecule has 0 amide bonds. The minimum absolute atomic E-state index is 0.0704. The van der Waals surface area contributed by atoms with Crippen LogP contribution in [0.15, 0.2) is 212 Å². The van der Waals surface area contributed by atoms with Crippen molar-refractivity contribution in [2.45, 2.75) is 38.0 Å². The lowest BCUT2D eigenvalue weighted by atomic mass is 9.76. The summed E-state index contributed by atoms with van der Waals surface area (Å²) in [6.07, 6.45) is 4.58. The van der Waals surface area contributed by atoms with E-state index in [9.17, 15) is 0 Å². The molecule has 70 heavy (non-hydrogen) atoms. The van der Waals surface area contributed by atoms with Gasteiger partial charge in [0.05, 0.1) is 0 Å². The van der Waals surface area contributed by atoms with Crippen LogP contribution in [0.2, 0.25) is 0 Å². The molecule has 0 aromatic heterocycles. The van der Waals surface area contributed by atoms with Gasteiger partial charge in [-0.1, -0.05) is 212 Å². The van der Waals surface area contributed by atoms with E-state index in [-0.39, 0.29) is 5.92 Å². The summed E-state index contributed by atoms with van der Waals surface area (Å²) in [7, 11) is 0. The van der Waals surface area contributed by atoms with E-state index in [1.54, 1.807) is 0 Å². The van der Waals surface area contributed by atoms with Crippen LogP contribution in [0.5, 0.6) is 0 Å². The zero-order valence-electron chi connectivity index (χ0n) is 38.8. The first kappa shape index (κ1) is 38.6. The van der Waals surface area contributed by atoms with Gasteiger partial charge < -0.3 is 0 Å². The first-order valence-corrected chi connectivity index (χ1v) is 25.3. The molecule has 6 aliphatic carbocycles. The molecule has 0 heterocycles. The predicted molar refractivity (Wildman–Crippen MR) is 290 cm³/mol. The fourth-order valence-corrected chi connectivity index (χ4v) is 14.2. The van der Waals surface area contributed by atoms with Crippen LogP contribution in [0.1, 0.15) is 89.4 Å². The average molecular weight is 887 g/mol. The molecule has 16 rings (SSSR count). The summed E-state index contributed by atoms with van der Waals surface area (Å²) in [5, 5.41) is 0. The monoisotopic (exact) mass is 886 g/mol. The summed E-state index contributed by atoms with van der Waals surface area (Å²) in [6.45, 7) is 0. The Bertz CT molecular complexity index is 3820. The quantitative estimate of drug-likeness (QED) is 0.162. The number of benzene rings is 10. The summed E-state index contributed by atoms with van der Waals surface area (Å²) in [6, 6.07) is 82.0. The van der Waals surface area contributed by atoms with Crippen molar-refractivity contribution in [2.75, 3.05) is 0 Å². The minimum Gasteiger partial charge on any atom is -0.0619 e. The van der Waals surface area contributed by atoms with Crippen LogP contribution in [0.25, 0.3) is 77.9 Å². The maximum absolute atomic E-state index is 2.52. The molecular formula is C70H46. The lowest BCUT2D eigenvalue weighted by molar-refractivity contribution is 1.07. The van der Waals surface area contributed by atoms with Crippen LogP contribution in [0.4, 0.5) is 0 Å². The van der Waals surface area contributed by atoms with Gasteiger partial charge in [-0.25, -0.2) is 0 Å². The van der Waals surface area contributed by atoms with Gasteiger partial charge in [0.1, 0.15) is 0 Å². The van der Waals surface area contributed by atoms with Crippen LogP contribution < -0.4 is 0 Å². The molecule has 0 bridgehead atoms. The van der Waals surface area contributed by atoms with Crippen molar-refractivity contribution >= 4 is 22.3 Å². The first-order chi connectivity index (χ1) is 34.7. The molecule has 0 aliphatic heterocycles. The van der Waals surface area contributed by atoms with Gasteiger partial charge in [-0.05, 0) is 193 Å². The maximum atomic E-state index is 2.52. The third-order valence-corrected chi connectivity index (χ3v) is 17.1. The molecule has 0 atom stereocenters. The zero-order chi connectivity index (χ0) is 45.6. The Balaban J connectivity index is 1.09. The molecule has 6 aliphatic rings. The molecule has 0 saturated heterocycles. The fourth-order valence-electron chi connectivity index (χ4n) is 14.2. The zero-order valence-corrected chi connectivity index (χ0v) is 38.8. The van der Waals surface area contributed by atoms with Gasteiger partial charge in [0.15, 0.2) is 0 Å². The minimum atomic E-state index is -0.0704. The average Bonchev–Trinajstić information content (AvgIpc) is 4.27. The number of hydrogen-bond acceptors (Lipinski definition) is 0. The third-order valence-electron chi connectivity index (χ3n) is 17.1.